The van der Waals surface area contributed by atoms with Gasteiger partial charge < -0.3 is 10.6 Å². The van der Waals surface area contributed by atoms with Gasteiger partial charge in [0.1, 0.15) is 0 Å². The van der Waals surface area contributed by atoms with Gasteiger partial charge in [0.2, 0.25) is 0 Å². The van der Waals surface area contributed by atoms with Gasteiger partial charge in [-0.15, -0.1) is 0 Å². The predicted molar refractivity (Wildman–Crippen MR) is 72.2 cm³/mol. The lowest BCUT2D eigenvalue weighted by molar-refractivity contribution is 0.553. The molecule has 2 heteroatoms. The van der Waals surface area contributed by atoms with Crippen LogP contribution < -0.4 is 10.6 Å². The minimum atomic E-state index is 0.446. The van der Waals surface area contributed by atoms with E-state index in [0.717, 1.165) is 19.6 Å². The molecule has 1 saturated heterocycles. The summed E-state index contributed by atoms with van der Waals surface area (Å²) in [5.41, 5.74) is 1.39. The first-order valence-corrected chi connectivity index (χ1v) is 6.36. The van der Waals surface area contributed by atoms with Crippen molar-refractivity contribution in [1.29, 1.82) is 0 Å². The summed E-state index contributed by atoms with van der Waals surface area (Å²) in [6.45, 7) is 3.25. The van der Waals surface area contributed by atoms with E-state index in [1.54, 1.807) is 0 Å². The van der Waals surface area contributed by atoms with E-state index in [1.165, 1.54) is 22.8 Å². The zero-order valence-corrected chi connectivity index (χ0v) is 9.95. The first kappa shape index (κ1) is 10.8. The van der Waals surface area contributed by atoms with Crippen molar-refractivity contribution in [2.24, 2.45) is 0 Å². The van der Waals surface area contributed by atoms with Gasteiger partial charge in [-0.2, -0.15) is 0 Å². The highest BCUT2D eigenvalue weighted by molar-refractivity contribution is 5.83. The maximum atomic E-state index is 3.60. The molecule has 17 heavy (non-hydrogen) atoms. The fraction of sp³-hybridized carbons (Fsp3) is 0.333. The molecule has 2 aromatic carbocycles. The summed E-state index contributed by atoms with van der Waals surface area (Å²) >= 11 is 0. The second kappa shape index (κ2) is 4.86. The molecule has 1 atom stereocenters. The number of rotatable bonds is 1. The first-order valence-electron chi connectivity index (χ1n) is 6.36. The van der Waals surface area contributed by atoms with Gasteiger partial charge in [0, 0.05) is 12.6 Å². The van der Waals surface area contributed by atoms with Gasteiger partial charge in [-0.3, -0.25) is 0 Å². The van der Waals surface area contributed by atoms with Crippen molar-refractivity contribution in [3.8, 4) is 0 Å². The number of hydrogen-bond donors (Lipinski definition) is 2. The normalized spacial score (nSPS) is 21.3. The van der Waals surface area contributed by atoms with Crippen LogP contribution in [0.25, 0.3) is 10.8 Å². The summed E-state index contributed by atoms with van der Waals surface area (Å²) in [5.74, 6) is 0. The molecule has 1 unspecified atom stereocenters. The van der Waals surface area contributed by atoms with Crippen LogP contribution in [0.4, 0.5) is 0 Å². The van der Waals surface area contributed by atoms with Crippen molar-refractivity contribution in [1.82, 2.24) is 10.6 Å². The zero-order chi connectivity index (χ0) is 11.5. The number of fused-ring (bicyclic) bond motifs is 1. The Hall–Kier alpha value is -1.38. The average molecular weight is 226 g/mol. The highest BCUT2D eigenvalue weighted by atomic mass is 15.0. The van der Waals surface area contributed by atoms with Crippen molar-refractivity contribution in [2.45, 2.75) is 12.5 Å². The fourth-order valence-electron chi connectivity index (χ4n) is 2.47. The minimum Gasteiger partial charge on any atom is -0.315 e. The second-order valence-corrected chi connectivity index (χ2v) is 4.67. The largest absolute Gasteiger partial charge is 0.315 e. The molecule has 0 amide bonds. The lowest BCUT2D eigenvalue weighted by Crippen LogP contribution is -2.27. The van der Waals surface area contributed by atoms with Gasteiger partial charge in [-0.1, -0.05) is 36.4 Å². The summed E-state index contributed by atoms with van der Waals surface area (Å²) in [5, 5.41) is 9.73. The van der Waals surface area contributed by atoms with Crippen LogP contribution in [0.15, 0.2) is 42.5 Å². The van der Waals surface area contributed by atoms with Crippen molar-refractivity contribution in [2.75, 3.05) is 19.6 Å². The smallest absolute Gasteiger partial charge is 0.0446 e. The molecular formula is C15H18N2. The third-order valence-electron chi connectivity index (χ3n) is 3.45. The fourth-order valence-corrected chi connectivity index (χ4v) is 2.47. The Labute approximate surface area is 102 Å². The van der Waals surface area contributed by atoms with Crippen LogP contribution in [0.3, 0.4) is 0 Å². The lowest BCUT2D eigenvalue weighted by atomic mass is 10.0. The van der Waals surface area contributed by atoms with E-state index >= 15 is 0 Å². The topological polar surface area (TPSA) is 24.1 Å². The van der Waals surface area contributed by atoms with E-state index in [0.29, 0.717) is 6.04 Å². The molecule has 0 bridgehead atoms. The maximum absolute atomic E-state index is 3.60. The molecule has 2 aromatic rings. The highest BCUT2D eigenvalue weighted by Gasteiger charge is 2.12. The van der Waals surface area contributed by atoms with Crippen molar-refractivity contribution in [3.05, 3.63) is 48.0 Å². The molecular weight excluding hydrogens is 208 g/mol. The first-order chi connectivity index (χ1) is 8.43. The third-order valence-corrected chi connectivity index (χ3v) is 3.45. The van der Waals surface area contributed by atoms with Crippen LogP contribution in [0.1, 0.15) is 18.0 Å². The van der Waals surface area contributed by atoms with Gasteiger partial charge in [-0.05, 0) is 41.9 Å². The third kappa shape index (κ3) is 2.33. The molecule has 2 N–H and O–H groups in total. The molecule has 2 nitrogen and oxygen atoms in total. The molecule has 0 spiro atoms. The number of hydrogen-bond acceptors (Lipinski definition) is 2. The molecule has 1 aliphatic heterocycles. The Morgan fingerprint density at radius 3 is 2.76 bits per heavy atom. The molecule has 0 saturated carbocycles. The van der Waals surface area contributed by atoms with Crippen molar-refractivity contribution < 1.29 is 0 Å². The van der Waals surface area contributed by atoms with Gasteiger partial charge in [-0.25, -0.2) is 0 Å². The molecule has 0 radical (unpaired) electrons. The van der Waals surface area contributed by atoms with Crippen LogP contribution in [0.5, 0.6) is 0 Å². The van der Waals surface area contributed by atoms with E-state index < -0.39 is 0 Å². The Bertz CT molecular complexity index is 499. The minimum absolute atomic E-state index is 0.446. The summed E-state index contributed by atoms with van der Waals surface area (Å²) < 4.78 is 0. The van der Waals surface area contributed by atoms with E-state index in [9.17, 15) is 0 Å². The monoisotopic (exact) mass is 226 g/mol. The Balaban J connectivity index is 1.93. The molecule has 0 aromatic heterocycles. The van der Waals surface area contributed by atoms with Crippen molar-refractivity contribution >= 4 is 10.8 Å². The summed E-state index contributed by atoms with van der Waals surface area (Å²) in [7, 11) is 0. The summed E-state index contributed by atoms with van der Waals surface area (Å²) in [4.78, 5) is 0. The Kier molecular flexibility index (Phi) is 3.08. The summed E-state index contributed by atoms with van der Waals surface area (Å²) in [6.07, 6.45) is 1.21. The van der Waals surface area contributed by atoms with E-state index in [2.05, 4.69) is 53.1 Å². The van der Waals surface area contributed by atoms with Crippen LogP contribution in [0, 0.1) is 0 Å². The van der Waals surface area contributed by atoms with E-state index in [-0.39, 0.29) is 0 Å². The number of nitrogens with one attached hydrogen (secondary N) is 2. The Morgan fingerprint density at radius 2 is 1.82 bits per heavy atom. The molecule has 0 aliphatic carbocycles. The average Bonchev–Trinajstić information content (AvgIpc) is 2.67. The SMILES string of the molecule is c1ccc2cc(C3CNCCCN3)ccc2c1. The highest BCUT2D eigenvalue weighted by Crippen LogP contribution is 2.20. The van der Waals surface area contributed by atoms with Gasteiger partial charge in [0.25, 0.3) is 0 Å². The van der Waals surface area contributed by atoms with Crippen LogP contribution in [-0.2, 0) is 0 Å². The predicted octanol–water partition coefficient (Wildman–Crippen LogP) is 2.46. The zero-order valence-electron chi connectivity index (χ0n) is 9.95. The molecule has 88 valence electrons. The molecule has 1 fully saturated rings. The van der Waals surface area contributed by atoms with Gasteiger partial charge in [0.15, 0.2) is 0 Å². The standard InChI is InChI=1S/C15H18N2/c1-2-5-13-10-14(7-6-12(13)4-1)15-11-16-8-3-9-17-15/h1-2,4-7,10,15-17H,3,8-9,11H2. The second-order valence-electron chi connectivity index (χ2n) is 4.67. The number of benzene rings is 2. The van der Waals surface area contributed by atoms with Crippen molar-refractivity contribution in [3.63, 3.8) is 0 Å². The van der Waals surface area contributed by atoms with E-state index in [1.807, 2.05) is 0 Å². The van der Waals surface area contributed by atoms with E-state index in [4.69, 9.17) is 0 Å². The lowest BCUT2D eigenvalue weighted by Gasteiger charge is -2.16. The van der Waals surface area contributed by atoms with Gasteiger partial charge in [0.05, 0.1) is 0 Å². The quantitative estimate of drug-likeness (QED) is 0.780. The van der Waals surface area contributed by atoms with Gasteiger partial charge >= 0.3 is 0 Å². The summed E-state index contributed by atoms with van der Waals surface area (Å²) in [6, 6.07) is 15.8. The molecule has 3 rings (SSSR count). The van der Waals surface area contributed by atoms with Crippen LogP contribution in [-0.4, -0.2) is 19.6 Å². The maximum Gasteiger partial charge on any atom is 0.0446 e. The molecule has 1 heterocycles. The Morgan fingerprint density at radius 1 is 0.941 bits per heavy atom. The molecule has 1 aliphatic rings. The van der Waals surface area contributed by atoms with Crippen LogP contribution >= 0.6 is 0 Å². The van der Waals surface area contributed by atoms with Crippen LogP contribution in [0.2, 0.25) is 0 Å².